The summed E-state index contributed by atoms with van der Waals surface area (Å²) in [6.45, 7) is 0. The maximum absolute atomic E-state index is 11.3. The Balaban J connectivity index is 2.22. The van der Waals surface area contributed by atoms with Crippen molar-refractivity contribution in [1.29, 1.82) is 0 Å². The lowest BCUT2D eigenvalue weighted by molar-refractivity contribution is 0.0697. The minimum absolute atomic E-state index is 0.214. The van der Waals surface area contributed by atoms with Crippen molar-refractivity contribution in [3.63, 3.8) is 0 Å². The van der Waals surface area contributed by atoms with Crippen molar-refractivity contribution in [2.75, 3.05) is 5.73 Å². The molecule has 1 aromatic heterocycles. The molecule has 0 saturated carbocycles. The first kappa shape index (κ1) is 11.8. The molecule has 5 nitrogen and oxygen atoms in total. The number of aromatic nitrogens is 2. The number of nitrogen functional groups attached to an aromatic ring is 1. The topological polar surface area (TPSA) is 81.1 Å². The molecule has 0 radical (unpaired) electrons. The van der Waals surface area contributed by atoms with E-state index in [4.69, 9.17) is 5.73 Å². The largest absolute Gasteiger partial charge is 0.478 e. The summed E-state index contributed by atoms with van der Waals surface area (Å²) in [4.78, 5) is 15.7. The second kappa shape index (κ2) is 4.42. The Morgan fingerprint density at radius 3 is 2.89 bits per heavy atom. The van der Waals surface area contributed by atoms with Crippen LogP contribution < -0.4 is 5.73 Å². The zero-order valence-electron chi connectivity index (χ0n) is 10.5. The summed E-state index contributed by atoms with van der Waals surface area (Å²) >= 11 is 0. The quantitative estimate of drug-likeness (QED) is 0.806. The van der Waals surface area contributed by atoms with Crippen molar-refractivity contribution in [2.24, 2.45) is 0 Å². The lowest BCUT2D eigenvalue weighted by Crippen LogP contribution is -2.12. The van der Waals surface area contributed by atoms with E-state index in [0.29, 0.717) is 11.4 Å². The molecule has 3 rings (SSSR count). The van der Waals surface area contributed by atoms with E-state index in [2.05, 4.69) is 4.98 Å². The first-order valence-corrected chi connectivity index (χ1v) is 6.35. The fourth-order valence-corrected chi connectivity index (χ4v) is 2.66. The SMILES string of the molecule is Nc1cccc(C(=O)O)c1-n1cnc2c1CCCC2. The number of carboxylic acid groups (broad SMARTS) is 1. The second-order valence-electron chi connectivity index (χ2n) is 4.76. The average Bonchev–Trinajstić information content (AvgIpc) is 2.82. The highest BCUT2D eigenvalue weighted by molar-refractivity contribution is 5.94. The highest BCUT2D eigenvalue weighted by Crippen LogP contribution is 2.28. The summed E-state index contributed by atoms with van der Waals surface area (Å²) in [5, 5.41) is 9.30. The number of imidazole rings is 1. The van der Waals surface area contributed by atoms with Crippen molar-refractivity contribution in [1.82, 2.24) is 9.55 Å². The molecule has 0 atom stereocenters. The molecule has 1 aliphatic carbocycles. The number of anilines is 1. The number of aryl methyl sites for hydroxylation is 1. The Kier molecular flexibility index (Phi) is 2.74. The number of nitrogens with zero attached hydrogens (tertiary/aromatic N) is 2. The van der Waals surface area contributed by atoms with Crippen LogP contribution in [-0.2, 0) is 12.8 Å². The van der Waals surface area contributed by atoms with Crippen LogP contribution in [0.5, 0.6) is 0 Å². The molecular weight excluding hydrogens is 242 g/mol. The van der Waals surface area contributed by atoms with Crippen LogP contribution in [0.25, 0.3) is 5.69 Å². The van der Waals surface area contributed by atoms with E-state index in [1.807, 2.05) is 4.57 Å². The van der Waals surface area contributed by atoms with E-state index in [-0.39, 0.29) is 5.56 Å². The Labute approximate surface area is 110 Å². The molecule has 5 heteroatoms. The summed E-state index contributed by atoms with van der Waals surface area (Å²) in [7, 11) is 0. The van der Waals surface area contributed by atoms with Gasteiger partial charge in [-0.15, -0.1) is 0 Å². The number of hydrogen-bond donors (Lipinski definition) is 2. The number of aromatic carboxylic acids is 1. The Bertz CT molecular complexity index is 646. The zero-order valence-corrected chi connectivity index (χ0v) is 10.5. The van der Waals surface area contributed by atoms with Gasteiger partial charge in [0.05, 0.1) is 29.0 Å². The Morgan fingerprint density at radius 1 is 1.32 bits per heavy atom. The maximum Gasteiger partial charge on any atom is 0.337 e. The number of fused-ring (bicyclic) bond motifs is 1. The van der Waals surface area contributed by atoms with Crippen LogP contribution in [0.2, 0.25) is 0 Å². The highest BCUT2D eigenvalue weighted by Gasteiger charge is 2.21. The number of rotatable bonds is 2. The van der Waals surface area contributed by atoms with Crippen LogP contribution >= 0.6 is 0 Å². The minimum Gasteiger partial charge on any atom is -0.478 e. The van der Waals surface area contributed by atoms with Crippen molar-refractivity contribution in [3.8, 4) is 5.69 Å². The molecule has 2 aromatic rings. The standard InChI is InChI=1S/C14H15N3O2/c15-10-5-3-4-9(14(18)19)13(10)17-8-16-11-6-1-2-7-12(11)17/h3-5,8H,1-2,6-7,15H2,(H,18,19). The van der Waals surface area contributed by atoms with Gasteiger partial charge in [0, 0.05) is 5.69 Å². The van der Waals surface area contributed by atoms with E-state index >= 15 is 0 Å². The summed E-state index contributed by atoms with van der Waals surface area (Å²) in [6, 6.07) is 4.95. The molecule has 98 valence electrons. The van der Waals surface area contributed by atoms with Crippen LogP contribution in [0.4, 0.5) is 5.69 Å². The lowest BCUT2D eigenvalue weighted by Gasteiger charge is -2.16. The molecule has 3 N–H and O–H groups in total. The van der Waals surface area contributed by atoms with Gasteiger partial charge in [-0.2, -0.15) is 0 Å². The summed E-state index contributed by atoms with van der Waals surface area (Å²) < 4.78 is 1.84. The molecule has 1 aromatic carbocycles. The predicted octanol–water partition coefficient (Wildman–Crippen LogP) is 2.03. The van der Waals surface area contributed by atoms with Gasteiger partial charge in [0.2, 0.25) is 0 Å². The summed E-state index contributed by atoms with van der Waals surface area (Å²) in [6.07, 6.45) is 5.81. The summed E-state index contributed by atoms with van der Waals surface area (Å²) in [5.41, 5.74) is 9.33. The van der Waals surface area contributed by atoms with Gasteiger partial charge in [-0.05, 0) is 37.8 Å². The van der Waals surface area contributed by atoms with Crippen LogP contribution in [0.15, 0.2) is 24.5 Å². The van der Waals surface area contributed by atoms with Gasteiger partial charge in [0.15, 0.2) is 0 Å². The molecule has 0 saturated heterocycles. The van der Waals surface area contributed by atoms with E-state index in [1.54, 1.807) is 24.5 Å². The Morgan fingerprint density at radius 2 is 2.11 bits per heavy atom. The second-order valence-corrected chi connectivity index (χ2v) is 4.76. The first-order valence-electron chi connectivity index (χ1n) is 6.35. The fraction of sp³-hybridized carbons (Fsp3) is 0.286. The zero-order chi connectivity index (χ0) is 13.4. The molecule has 1 heterocycles. The number of benzene rings is 1. The summed E-state index contributed by atoms with van der Waals surface area (Å²) in [5.74, 6) is -0.972. The molecule has 0 spiro atoms. The normalized spacial score (nSPS) is 14.1. The third kappa shape index (κ3) is 1.87. The van der Waals surface area contributed by atoms with Crippen LogP contribution in [0, 0.1) is 0 Å². The highest BCUT2D eigenvalue weighted by atomic mass is 16.4. The third-order valence-electron chi connectivity index (χ3n) is 3.57. The molecule has 19 heavy (non-hydrogen) atoms. The molecule has 1 aliphatic rings. The fourth-order valence-electron chi connectivity index (χ4n) is 2.66. The van der Waals surface area contributed by atoms with E-state index < -0.39 is 5.97 Å². The van der Waals surface area contributed by atoms with Crippen LogP contribution in [0.3, 0.4) is 0 Å². The van der Waals surface area contributed by atoms with Gasteiger partial charge in [-0.3, -0.25) is 0 Å². The van der Waals surface area contributed by atoms with Crippen LogP contribution in [-0.4, -0.2) is 20.6 Å². The van der Waals surface area contributed by atoms with Gasteiger partial charge in [-0.1, -0.05) is 6.07 Å². The van der Waals surface area contributed by atoms with Gasteiger partial charge in [0.25, 0.3) is 0 Å². The molecule has 0 amide bonds. The smallest absolute Gasteiger partial charge is 0.337 e. The van der Waals surface area contributed by atoms with Gasteiger partial charge in [0.1, 0.15) is 0 Å². The van der Waals surface area contributed by atoms with E-state index in [0.717, 1.165) is 37.1 Å². The molecule has 0 aliphatic heterocycles. The van der Waals surface area contributed by atoms with E-state index in [9.17, 15) is 9.90 Å². The lowest BCUT2D eigenvalue weighted by atomic mass is 10.0. The number of carboxylic acids is 1. The number of hydrogen-bond acceptors (Lipinski definition) is 3. The van der Waals surface area contributed by atoms with Crippen molar-refractivity contribution in [2.45, 2.75) is 25.7 Å². The Hall–Kier alpha value is -2.30. The monoisotopic (exact) mass is 257 g/mol. The molecule has 0 unspecified atom stereocenters. The first-order chi connectivity index (χ1) is 9.18. The number of carbonyl (C=O) groups is 1. The third-order valence-corrected chi connectivity index (χ3v) is 3.57. The van der Waals surface area contributed by atoms with Crippen molar-refractivity contribution < 1.29 is 9.90 Å². The van der Waals surface area contributed by atoms with Gasteiger partial charge >= 0.3 is 5.97 Å². The van der Waals surface area contributed by atoms with Crippen molar-refractivity contribution >= 4 is 11.7 Å². The predicted molar refractivity (Wildman–Crippen MR) is 71.6 cm³/mol. The van der Waals surface area contributed by atoms with Gasteiger partial charge in [-0.25, -0.2) is 9.78 Å². The molecule has 0 bridgehead atoms. The number of para-hydroxylation sites is 1. The van der Waals surface area contributed by atoms with Crippen LogP contribution in [0.1, 0.15) is 34.6 Å². The van der Waals surface area contributed by atoms with Gasteiger partial charge < -0.3 is 15.4 Å². The molecule has 0 fully saturated rings. The number of nitrogens with two attached hydrogens (primary N) is 1. The average molecular weight is 257 g/mol. The minimum atomic E-state index is -0.972. The van der Waals surface area contributed by atoms with E-state index in [1.165, 1.54) is 0 Å². The maximum atomic E-state index is 11.3. The van der Waals surface area contributed by atoms with Crippen molar-refractivity contribution in [3.05, 3.63) is 41.5 Å². The molecular formula is C14H15N3O2.